The van der Waals surface area contributed by atoms with Gasteiger partial charge < -0.3 is 4.74 Å². The highest BCUT2D eigenvalue weighted by Crippen LogP contribution is 2.57. The molecule has 0 bridgehead atoms. The number of esters is 1. The smallest absolute Gasteiger partial charge is 0.315 e. The van der Waals surface area contributed by atoms with Crippen LogP contribution in [0.25, 0.3) is 0 Å². The number of cyclic esters (lactones) is 1. The number of hydrogen-bond acceptors (Lipinski definition) is 2. The fraction of sp³-hybridized carbons (Fsp3) is 0.500. The predicted octanol–water partition coefficient (Wildman–Crippen LogP) is 4.21. The van der Waals surface area contributed by atoms with Gasteiger partial charge in [0.15, 0.2) is 0 Å². The molecule has 2 atom stereocenters. The first kappa shape index (κ1) is 13.4. The summed E-state index contributed by atoms with van der Waals surface area (Å²) < 4.78 is 5.62. The van der Waals surface area contributed by atoms with E-state index in [9.17, 15) is 4.79 Å². The zero-order valence-electron chi connectivity index (χ0n) is 12.1. The molecule has 1 saturated heterocycles. The van der Waals surface area contributed by atoms with E-state index >= 15 is 0 Å². The van der Waals surface area contributed by atoms with Crippen LogP contribution in [0.1, 0.15) is 44.6 Å². The van der Waals surface area contributed by atoms with Crippen molar-refractivity contribution in [1.82, 2.24) is 0 Å². The van der Waals surface area contributed by atoms with Gasteiger partial charge in [0.2, 0.25) is 0 Å². The van der Waals surface area contributed by atoms with Crippen LogP contribution < -0.4 is 0 Å². The summed E-state index contributed by atoms with van der Waals surface area (Å²) >= 11 is 0. The van der Waals surface area contributed by atoms with Gasteiger partial charge in [-0.15, -0.1) is 6.58 Å². The molecule has 1 aliphatic heterocycles. The maximum Gasteiger partial charge on any atom is 0.315 e. The molecule has 20 heavy (non-hydrogen) atoms. The fourth-order valence-corrected chi connectivity index (χ4v) is 4.09. The van der Waals surface area contributed by atoms with E-state index in [2.05, 4.69) is 18.7 Å². The molecule has 1 aromatic rings. The van der Waals surface area contributed by atoms with Crippen LogP contribution in [-0.4, -0.2) is 5.97 Å². The Labute approximate surface area is 120 Å². The van der Waals surface area contributed by atoms with E-state index < -0.39 is 5.60 Å². The van der Waals surface area contributed by atoms with Crippen molar-refractivity contribution in [2.75, 3.05) is 0 Å². The van der Waals surface area contributed by atoms with Gasteiger partial charge in [0.25, 0.3) is 0 Å². The Hall–Kier alpha value is -1.57. The van der Waals surface area contributed by atoms with E-state index in [1.807, 2.05) is 31.2 Å². The molecule has 0 amide bonds. The molecule has 1 aromatic carbocycles. The summed E-state index contributed by atoms with van der Waals surface area (Å²) in [5.41, 5.74) is 0.513. The number of hydrogen-bond donors (Lipinski definition) is 0. The Morgan fingerprint density at radius 2 is 1.85 bits per heavy atom. The minimum Gasteiger partial charge on any atom is -0.453 e. The molecular weight excluding hydrogens is 248 g/mol. The molecule has 106 valence electrons. The molecule has 1 aliphatic carbocycles. The fourth-order valence-electron chi connectivity index (χ4n) is 4.09. The highest BCUT2D eigenvalue weighted by atomic mass is 16.6. The molecule has 2 heteroatoms. The van der Waals surface area contributed by atoms with Crippen molar-refractivity contribution in [1.29, 1.82) is 0 Å². The van der Waals surface area contributed by atoms with Gasteiger partial charge in [-0.2, -0.15) is 0 Å². The van der Waals surface area contributed by atoms with Gasteiger partial charge in [-0.1, -0.05) is 55.7 Å². The molecule has 1 saturated carbocycles. The third-order valence-electron chi connectivity index (χ3n) is 5.21. The van der Waals surface area contributed by atoms with Crippen LogP contribution in [0.2, 0.25) is 0 Å². The number of carbonyl (C=O) groups excluding carboxylic acids is 1. The summed E-state index contributed by atoms with van der Waals surface area (Å²) in [6.07, 6.45) is 7.76. The van der Waals surface area contributed by atoms with E-state index in [-0.39, 0.29) is 17.3 Å². The molecule has 0 aromatic heterocycles. The maximum absolute atomic E-state index is 12.2. The van der Waals surface area contributed by atoms with Crippen LogP contribution in [0.3, 0.4) is 0 Å². The first-order chi connectivity index (χ1) is 9.62. The van der Waals surface area contributed by atoms with Gasteiger partial charge in [-0.3, -0.25) is 4.79 Å². The summed E-state index contributed by atoms with van der Waals surface area (Å²) in [6, 6.07) is 10.1. The van der Waals surface area contributed by atoms with Crippen molar-refractivity contribution in [3.63, 3.8) is 0 Å². The van der Waals surface area contributed by atoms with Gasteiger partial charge in [0, 0.05) is 5.41 Å². The normalized spacial score (nSPS) is 32.0. The molecule has 1 heterocycles. The number of benzene rings is 1. The average Bonchev–Trinajstić information content (AvgIpc) is 2.48. The highest BCUT2D eigenvalue weighted by molar-refractivity contribution is 5.82. The minimum atomic E-state index is -0.496. The quantitative estimate of drug-likeness (QED) is 0.607. The Kier molecular flexibility index (Phi) is 3.19. The zero-order valence-corrected chi connectivity index (χ0v) is 12.1. The molecule has 2 aliphatic rings. The average molecular weight is 270 g/mol. The summed E-state index contributed by atoms with van der Waals surface area (Å²) in [6.45, 7) is 6.10. The second kappa shape index (κ2) is 4.76. The van der Waals surface area contributed by atoms with Crippen LogP contribution in [0, 0.1) is 11.3 Å². The van der Waals surface area contributed by atoms with Gasteiger partial charge in [-0.05, 0) is 25.3 Å². The largest absolute Gasteiger partial charge is 0.453 e. The molecule has 2 nitrogen and oxygen atoms in total. The summed E-state index contributed by atoms with van der Waals surface area (Å²) in [4.78, 5) is 12.2. The van der Waals surface area contributed by atoms with Crippen molar-refractivity contribution >= 4 is 5.97 Å². The third-order valence-corrected chi connectivity index (χ3v) is 5.21. The lowest BCUT2D eigenvalue weighted by molar-refractivity contribution is -0.229. The topological polar surface area (TPSA) is 26.3 Å². The number of ether oxygens (including phenoxy) is 1. The number of allylic oxidation sites excluding steroid dienone is 1. The lowest BCUT2D eigenvalue weighted by Gasteiger charge is -2.54. The minimum absolute atomic E-state index is 0.0573. The van der Waals surface area contributed by atoms with Crippen molar-refractivity contribution in [2.45, 2.75) is 44.6 Å². The van der Waals surface area contributed by atoms with Crippen molar-refractivity contribution < 1.29 is 9.53 Å². The van der Waals surface area contributed by atoms with Gasteiger partial charge in [0.1, 0.15) is 11.5 Å². The van der Waals surface area contributed by atoms with Gasteiger partial charge >= 0.3 is 5.97 Å². The second-order valence-corrected chi connectivity index (χ2v) is 6.33. The lowest BCUT2D eigenvalue weighted by atomic mass is 9.57. The van der Waals surface area contributed by atoms with Crippen LogP contribution in [0.4, 0.5) is 0 Å². The van der Waals surface area contributed by atoms with Crippen molar-refractivity contribution in [3.8, 4) is 0 Å². The van der Waals surface area contributed by atoms with Gasteiger partial charge in [-0.25, -0.2) is 0 Å². The molecule has 2 fully saturated rings. The standard InChI is InChI=1S/C18H22O2/c1-3-18(12-8-5-9-13-18)15-16(19)20-17(15,2)14-10-6-4-7-11-14/h3-4,6-7,10-11,15H,1,5,8-9,12-13H2,2H3. The number of rotatable bonds is 3. The van der Waals surface area contributed by atoms with E-state index in [0.29, 0.717) is 0 Å². The zero-order chi connectivity index (χ0) is 14.2. The summed E-state index contributed by atoms with van der Waals surface area (Å²) in [5.74, 6) is -0.145. The molecular formula is C18H22O2. The third kappa shape index (κ3) is 1.81. The van der Waals surface area contributed by atoms with E-state index in [0.717, 1.165) is 18.4 Å². The van der Waals surface area contributed by atoms with Crippen molar-refractivity contribution in [3.05, 3.63) is 48.6 Å². The molecule has 2 unspecified atom stereocenters. The predicted molar refractivity (Wildman–Crippen MR) is 79.1 cm³/mol. The van der Waals surface area contributed by atoms with Crippen LogP contribution in [0.5, 0.6) is 0 Å². The van der Waals surface area contributed by atoms with E-state index in [1.54, 1.807) is 0 Å². The molecule has 3 rings (SSSR count). The lowest BCUT2D eigenvalue weighted by Crippen LogP contribution is -2.60. The van der Waals surface area contributed by atoms with Crippen molar-refractivity contribution in [2.24, 2.45) is 11.3 Å². The Balaban J connectivity index is 1.98. The maximum atomic E-state index is 12.2. The Morgan fingerprint density at radius 3 is 2.40 bits per heavy atom. The Bertz CT molecular complexity index is 513. The molecule has 0 radical (unpaired) electrons. The van der Waals surface area contributed by atoms with Crippen LogP contribution in [-0.2, 0) is 15.1 Å². The van der Waals surface area contributed by atoms with E-state index in [1.165, 1.54) is 19.3 Å². The number of carbonyl (C=O) groups is 1. The molecule has 0 spiro atoms. The van der Waals surface area contributed by atoms with Gasteiger partial charge in [0.05, 0.1) is 0 Å². The van der Waals surface area contributed by atoms with Crippen LogP contribution in [0.15, 0.2) is 43.0 Å². The SMILES string of the molecule is C=CC1(C2C(=O)OC2(C)c2ccccc2)CCCCC1. The van der Waals surface area contributed by atoms with E-state index in [4.69, 9.17) is 4.74 Å². The first-order valence-corrected chi connectivity index (χ1v) is 7.54. The summed E-state index contributed by atoms with van der Waals surface area (Å²) in [7, 11) is 0. The second-order valence-electron chi connectivity index (χ2n) is 6.33. The highest BCUT2D eigenvalue weighted by Gasteiger charge is 2.62. The summed E-state index contributed by atoms with van der Waals surface area (Å²) in [5, 5.41) is 0. The Morgan fingerprint density at radius 1 is 1.20 bits per heavy atom. The van der Waals surface area contributed by atoms with Crippen LogP contribution >= 0.6 is 0 Å². The molecule has 0 N–H and O–H groups in total. The first-order valence-electron chi connectivity index (χ1n) is 7.54. The monoisotopic (exact) mass is 270 g/mol.